The molecule has 0 fully saturated rings. The van der Waals surface area contributed by atoms with E-state index in [4.69, 9.17) is 4.42 Å². The van der Waals surface area contributed by atoms with E-state index in [-0.39, 0.29) is 0 Å². The monoisotopic (exact) mass is 109 g/mol. The SMILES string of the molecule is c1occ2c1CCN2. The number of fused-ring (bicyclic) bond motifs is 1. The summed E-state index contributed by atoms with van der Waals surface area (Å²) in [5, 5.41) is 3.19. The minimum atomic E-state index is 1.07. The molecule has 1 N–H and O–H groups in total. The van der Waals surface area contributed by atoms with Crippen LogP contribution in [0.3, 0.4) is 0 Å². The van der Waals surface area contributed by atoms with E-state index in [9.17, 15) is 0 Å². The van der Waals surface area contributed by atoms with Crippen LogP contribution in [0.4, 0.5) is 5.69 Å². The maximum absolute atomic E-state index is 4.92. The lowest BCUT2D eigenvalue weighted by atomic mass is 10.3. The first-order valence-corrected chi connectivity index (χ1v) is 2.76. The van der Waals surface area contributed by atoms with E-state index >= 15 is 0 Å². The summed E-state index contributed by atoms with van der Waals surface area (Å²) >= 11 is 0. The molecule has 0 bridgehead atoms. The molecule has 1 aliphatic heterocycles. The summed E-state index contributed by atoms with van der Waals surface area (Å²) < 4.78 is 4.92. The van der Waals surface area contributed by atoms with Crippen LogP contribution in [0.5, 0.6) is 0 Å². The normalized spacial score (nSPS) is 15.5. The zero-order valence-corrected chi connectivity index (χ0v) is 4.48. The number of furan rings is 1. The third kappa shape index (κ3) is 0.372. The molecule has 1 aromatic rings. The predicted molar refractivity (Wildman–Crippen MR) is 30.9 cm³/mol. The average molecular weight is 109 g/mol. The molecule has 2 heteroatoms. The first-order chi connectivity index (χ1) is 3.97. The van der Waals surface area contributed by atoms with Crippen LogP contribution in [-0.2, 0) is 6.42 Å². The van der Waals surface area contributed by atoms with Gasteiger partial charge in [-0.1, -0.05) is 0 Å². The predicted octanol–water partition coefficient (Wildman–Crippen LogP) is 1.25. The van der Waals surface area contributed by atoms with Gasteiger partial charge in [0.15, 0.2) is 0 Å². The van der Waals surface area contributed by atoms with Gasteiger partial charge in [-0.3, -0.25) is 0 Å². The molecule has 0 aromatic carbocycles. The molecular formula is C6H7NO. The Morgan fingerprint density at radius 3 is 3.38 bits per heavy atom. The molecule has 0 radical (unpaired) electrons. The summed E-state index contributed by atoms with van der Waals surface area (Å²) in [7, 11) is 0. The lowest BCUT2D eigenvalue weighted by Crippen LogP contribution is -1.90. The summed E-state index contributed by atoms with van der Waals surface area (Å²) in [6.07, 6.45) is 4.67. The fourth-order valence-corrected chi connectivity index (χ4v) is 1.00. The van der Waals surface area contributed by atoms with E-state index < -0.39 is 0 Å². The first kappa shape index (κ1) is 4.01. The Morgan fingerprint density at radius 2 is 2.50 bits per heavy atom. The fraction of sp³-hybridized carbons (Fsp3) is 0.333. The summed E-state index contributed by atoms with van der Waals surface area (Å²) in [6.45, 7) is 1.07. The van der Waals surface area contributed by atoms with E-state index in [0.29, 0.717) is 0 Å². The summed E-state index contributed by atoms with van der Waals surface area (Å²) in [5.41, 5.74) is 2.48. The number of rotatable bonds is 0. The summed E-state index contributed by atoms with van der Waals surface area (Å²) in [5.74, 6) is 0. The molecule has 1 aromatic heterocycles. The Morgan fingerprint density at radius 1 is 1.50 bits per heavy atom. The minimum Gasteiger partial charge on any atom is -0.470 e. The van der Waals surface area contributed by atoms with E-state index in [1.54, 1.807) is 12.5 Å². The molecule has 8 heavy (non-hydrogen) atoms. The standard InChI is InChI=1S/C6H7NO/c1-2-7-6-4-8-3-5(1)6/h3-4,7H,1-2H2. The Labute approximate surface area is 47.5 Å². The van der Waals surface area contributed by atoms with Crippen LogP contribution in [0.1, 0.15) is 5.56 Å². The highest BCUT2D eigenvalue weighted by Crippen LogP contribution is 2.21. The molecule has 1 aliphatic rings. The van der Waals surface area contributed by atoms with E-state index in [1.165, 1.54) is 11.3 Å². The van der Waals surface area contributed by atoms with Gasteiger partial charge in [0.05, 0.1) is 12.0 Å². The summed E-state index contributed by atoms with van der Waals surface area (Å²) in [6, 6.07) is 0. The number of hydrogen-bond donors (Lipinski definition) is 1. The topological polar surface area (TPSA) is 25.2 Å². The molecule has 0 atom stereocenters. The second-order valence-corrected chi connectivity index (χ2v) is 1.99. The maximum Gasteiger partial charge on any atom is 0.114 e. The van der Waals surface area contributed by atoms with Gasteiger partial charge in [-0.15, -0.1) is 0 Å². The molecule has 0 amide bonds. The van der Waals surface area contributed by atoms with Gasteiger partial charge in [0, 0.05) is 12.1 Å². The Bertz CT molecular complexity index is 174. The minimum absolute atomic E-state index is 1.07. The van der Waals surface area contributed by atoms with Crippen LogP contribution in [-0.4, -0.2) is 6.54 Å². The number of anilines is 1. The highest BCUT2D eigenvalue weighted by molar-refractivity contribution is 5.52. The first-order valence-electron chi connectivity index (χ1n) is 2.76. The molecule has 0 unspecified atom stereocenters. The largest absolute Gasteiger partial charge is 0.470 e. The molecule has 2 nitrogen and oxygen atoms in total. The molecule has 0 aliphatic carbocycles. The lowest BCUT2D eigenvalue weighted by Gasteiger charge is -1.85. The van der Waals surface area contributed by atoms with Gasteiger partial charge >= 0.3 is 0 Å². The molecule has 42 valence electrons. The van der Waals surface area contributed by atoms with Gasteiger partial charge < -0.3 is 9.73 Å². The van der Waals surface area contributed by atoms with E-state index in [1.807, 2.05) is 0 Å². The van der Waals surface area contributed by atoms with Crippen molar-refractivity contribution in [3.63, 3.8) is 0 Å². The number of hydrogen-bond acceptors (Lipinski definition) is 2. The highest BCUT2D eigenvalue weighted by Gasteiger charge is 2.09. The van der Waals surface area contributed by atoms with Crippen LogP contribution < -0.4 is 5.32 Å². The maximum atomic E-state index is 4.92. The number of nitrogens with one attached hydrogen (secondary N) is 1. The van der Waals surface area contributed by atoms with Gasteiger partial charge in [-0.25, -0.2) is 0 Å². The molecular weight excluding hydrogens is 102 g/mol. The molecule has 0 spiro atoms. The third-order valence-corrected chi connectivity index (χ3v) is 1.45. The fourth-order valence-electron chi connectivity index (χ4n) is 1.00. The molecule has 2 heterocycles. The highest BCUT2D eigenvalue weighted by atomic mass is 16.3. The summed E-state index contributed by atoms with van der Waals surface area (Å²) in [4.78, 5) is 0. The van der Waals surface area contributed by atoms with E-state index in [0.717, 1.165) is 13.0 Å². The Balaban J connectivity index is 2.54. The van der Waals surface area contributed by atoms with Gasteiger partial charge in [0.2, 0.25) is 0 Å². The van der Waals surface area contributed by atoms with Crippen molar-refractivity contribution in [1.82, 2.24) is 0 Å². The van der Waals surface area contributed by atoms with Crippen LogP contribution >= 0.6 is 0 Å². The van der Waals surface area contributed by atoms with Crippen LogP contribution in [0.25, 0.3) is 0 Å². The third-order valence-electron chi connectivity index (χ3n) is 1.45. The van der Waals surface area contributed by atoms with Crippen LogP contribution in [0, 0.1) is 0 Å². The smallest absolute Gasteiger partial charge is 0.114 e. The second-order valence-electron chi connectivity index (χ2n) is 1.99. The van der Waals surface area contributed by atoms with Crippen LogP contribution in [0.15, 0.2) is 16.9 Å². The Hall–Kier alpha value is -0.920. The van der Waals surface area contributed by atoms with Crippen LogP contribution in [0.2, 0.25) is 0 Å². The van der Waals surface area contributed by atoms with Gasteiger partial charge in [-0.2, -0.15) is 0 Å². The average Bonchev–Trinajstić information content (AvgIpc) is 2.15. The van der Waals surface area contributed by atoms with Crippen molar-refractivity contribution in [2.75, 3.05) is 11.9 Å². The quantitative estimate of drug-likeness (QED) is 0.542. The molecule has 2 rings (SSSR count). The van der Waals surface area contributed by atoms with Crippen molar-refractivity contribution >= 4 is 5.69 Å². The lowest BCUT2D eigenvalue weighted by molar-refractivity contribution is 0.563. The molecule has 0 saturated heterocycles. The van der Waals surface area contributed by atoms with E-state index in [2.05, 4.69) is 5.32 Å². The zero-order valence-electron chi connectivity index (χ0n) is 4.48. The Kier molecular flexibility index (Phi) is 0.640. The zero-order chi connectivity index (χ0) is 5.40. The van der Waals surface area contributed by atoms with Crippen molar-refractivity contribution < 1.29 is 4.42 Å². The van der Waals surface area contributed by atoms with Crippen molar-refractivity contribution in [2.24, 2.45) is 0 Å². The molecule has 0 saturated carbocycles. The van der Waals surface area contributed by atoms with Gasteiger partial charge in [0.1, 0.15) is 6.26 Å². The van der Waals surface area contributed by atoms with Crippen molar-refractivity contribution in [1.29, 1.82) is 0 Å². The van der Waals surface area contributed by atoms with Crippen molar-refractivity contribution in [2.45, 2.75) is 6.42 Å². The van der Waals surface area contributed by atoms with Gasteiger partial charge in [0.25, 0.3) is 0 Å². The van der Waals surface area contributed by atoms with Crippen molar-refractivity contribution in [3.05, 3.63) is 18.1 Å². The van der Waals surface area contributed by atoms with Crippen molar-refractivity contribution in [3.8, 4) is 0 Å². The second kappa shape index (κ2) is 1.28. The van der Waals surface area contributed by atoms with Gasteiger partial charge in [-0.05, 0) is 6.42 Å².